The highest BCUT2D eigenvalue weighted by Crippen LogP contribution is 2.25. The molecule has 0 spiro atoms. The van der Waals surface area contributed by atoms with E-state index in [2.05, 4.69) is 0 Å². The lowest BCUT2D eigenvalue weighted by Gasteiger charge is -2.35. The molecule has 0 bridgehead atoms. The molecule has 1 N–H and O–H groups in total. The van der Waals surface area contributed by atoms with Crippen LogP contribution in [0.5, 0.6) is 0 Å². The van der Waals surface area contributed by atoms with Gasteiger partial charge in [0.05, 0.1) is 6.42 Å². The SMILES string of the molecule is CC1(C)CC(NC(=O)C(F)(F)F)CC(=O)O1. The van der Waals surface area contributed by atoms with Crippen LogP contribution in [-0.2, 0) is 14.3 Å². The van der Waals surface area contributed by atoms with Crippen molar-refractivity contribution >= 4 is 11.9 Å². The number of alkyl halides is 3. The number of amides is 1. The molecule has 0 aromatic rings. The van der Waals surface area contributed by atoms with Gasteiger partial charge in [-0.3, -0.25) is 9.59 Å². The number of carbonyl (C=O) groups excluding carboxylic acids is 2. The first-order valence-corrected chi connectivity index (χ1v) is 4.70. The highest BCUT2D eigenvalue weighted by molar-refractivity contribution is 5.83. The Morgan fingerprint density at radius 1 is 1.50 bits per heavy atom. The second kappa shape index (κ2) is 3.95. The summed E-state index contributed by atoms with van der Waals surface area (Å²) < 4.78 is 40.8. The lowest BCUT2D eigenvalue weighted by Crippen LogP contribution is -2.50. The third-order valence-electron chi connectivity index (χ3n) is 2.13. The molecular formula is C9H12F3NO3. The van der Waals surface area contributed by atoms with E-state index < -0.39 is 29.7 Å². The number of cyclic esters (lactones) is 1. The van der Waals surface area contributed by atoms with E-state index in [9.17, 15) is 22.8 Å². The zero-order valence-electron chi connectivity index (χ0n) is 8.85. The van der Waals surface area contributed by atoms with Crippen molar-refractivity contribution in [3.8, 4) is 0 Å². The average Bonchev–Trinajstić information content (AvgIpc) is 1.97. The zero-order chi connectivity index (χ0) is 12.6. The van der Waals surface area contributed by atoms with E-state index in [0.29, 0.717) is 0 Å². The molecule has 1 saturated heterocycles. The van der Waals surface area contributed by atoms with Crippen LogP contribution in [0, 0.1) is 0 Å². The topological polar surface area (TPSA) is 55.4 Å². The highest BCUT2D eigenvalue weighted by Gasteiger charge is 2.42. The van der Waals surface area contributed by atoms with Crippen molar-refractivity contribution in [1.29, 1.82) is 0 Å². The Morgan fingerprint density at radius 3 is 2.50 bits per heavy atom. The fourth-order valence-electron chi connectivity index (χ4n) is 1.63. The molecule has 1 amide bonds. The molecule has 1 fully saturated rings. The van der Waals surface area contributed by atoms with Gasteiger partial charge in [0.1, 0.15) is 5.60 Å². The molecule has 1 heterocycles. The minimum atomic E-state index is -4.93. The first kappa shape index (κ1) is 12.8. The molecule has 1 rings (SSSR count). The summed E-state index contributed by atoms with van der Waals surface area (Å²) in [6.07, 6.45) is -4.99. The van der Waals surface area contributed by atoms with E-state index in [1.54, 1.807) is 19.2 Å². The van der Waals surface area contributed by atoms with Gasteiger partial charge in [0, 0.05) is 12.5 Å². The number of nitrogens with one attached hydrogen (secondary N) is 1. The van der Waals surface area contributed by atoms with Crippen LogP contribution in [0.25, 0.3) is 0 Å². The Kier molecular flexibility index (Phi) is 3.16. The third-order valence-corrected chi connectivity index (χ3v) is 2.13. The molecule has 0 radical (unpaired) electrons. The number of carbonyl (C=O) groups is 2. The summed E-state index contributed by atoms with van der Waals surface area (Å²) in [4.78, 5) is 21.7. The van der Waals surface area contributed by atoms with Gasteiger partial charge in [0.15, 0.2) is 0 Å². The standard InChI is InChI=1S/C9H12F3NO3/c1-8(2)4-5(3-6(14)16-8)13-7(15)9(10,11)12/h5H,3-4H2,1-2H3,(H,13,15). The van der Waals surface area contributed by atoms with E-state index in [0.717, 1.165) is 0 Å². The van der Waals surface area contributed by atoms with Gasteiger partial charge in [0.25, 0.3) is 0 Å². The van der Waals surface area contributed by atoms with Crippen molar-refractivity contribution in [3.05, 3.63) is 0 Å². The van der Waals surface area contributed by atoms with Gasteiger partial charge >= 0.3 is 18.1 Å². The summed E-state index contributed by atoms with van der Waals surface area (Å²) in [5, 5.41) is 1.78. The lowest BCUT2D eigenvalue weighted by molar-refractivity contribution is -0.178. The van der Waals surface area contributed by atoms with Gasteiger partial charge in [-0.25, -0.2) is 0 Å². The van der Waals surface area contributed by atoms with Crippen LogP contribution in [0.3, 0.4) is 0 Å². The molecule has 4 nitrogen and oxygen atoms in total. The Bertz CT molecular complexity index is 312. The van der Waals surface area contributed by atoms with Crippen molar-refractivity contribution in [2.75, 3.05) is 0 Å². The molecule has 1 aliphatic heterocycles. The summed E-state index contributed by atoms with van der Waals surface area (Å²) in [5.74, 6) is -2.63. The van der Waals surface area contributed by atoms with Crippen molar-refractivity contribution in [2.45, 2.75) is 44.5 Å². The Labute approximate surface area is 90.1 Å². The quantitative estimate of drug-likeness (QED) is 0.698. The Balaban J connectivity index is 2.62. The summed E-state index contributed by atoms with van der Waals surface area (Å²) in [7, 11) is 0. The molecule has 1 atom stereocenters. The number of hydrogen-bond acceptors (Lipinski definition) is 3. The predicted octanol–water partition coefficient (Wildman–Crippen LogP) is 1.15. The average molecular weight is 239 g/mol. The van der Waals surface area contributed by atoms with E-state index in [-0.39, 0.29) is 12.8 Å². The highest BCUT2D eigenvalue weighted by atomic mass is 19.4. The first-order valence-electron chi connectivity index (χ1n) is 4.70. The molecular weight excluding hydrogens is 227 g/mol. The molecule has 0 saturated carbocycles. The lowest BCUT2D eigenvalue weighted by atomic mass is 9.93. The molecule has 7 heteroatoms. The third kappa shape index (κ3) is 3.39. The first-order chi connectivity index (χ1) is 7.10. The minimum absolute atomic E-state index is 0.167. The molecule has 0 aromatic carbocycles. The maximum Gasteiger partial charge on any atom is 0.471 e. The van der Waals surface area contributed by atoms with Crippen LogP contribution in [-0.4, -0.2) is 29.7 Å². The maximum absolute atomic E-state index is 12.0. The van der Waals surface area contributed by atoms with Gasteiger partial charge in [0.2, 0.25) is 0 Å². The number of hydrogen-bond donors (Lipinski definition) is 1. The Morgan fingerprint density at radius 2 is 2.06 bits per heavy atom. The van der Waals surface area contributed by atoms with Crippen molar-refractivity contribution in [3.63, 3.8) is 0 Å². The van der Waals surface area contributed by atoms with Crippen molar-refractivity contribution in [2.24, 2.45) is 0 Å². The summed E-state index contributed by atoms with van der Waals surface area (Å²) >= 11 is 0. The van der Waals surface area contributed by atoms with E-state index in [4.69, 9.17) is 4.74 Å². The monoisotopic (exact) mass is 239 g/mol. The number of ether oxygens (including phenoxy) is 1. The predicted molar refractivity (Wildman–Crippen MR) is 47.4 cm³/mol. The minimum Gasteiger partial charge on any atom is -0.460 e. The number of rotatable bonds is 1. The fraction of sp³-hybridized carbons (Fsp3) is 0.778. The van der Waals surface area contributed by atoms with Crippen molar-refractivity contribution < 1.29 is 27.5 Å². The van der Waals surface area contributed by atoms with Gasteiger partial charge in [-0.1, -0.05) is 0 Å². The molecule has 0 aromatic heterocycles. The summed E-state index contributed by atoms with van der Waals surface area (Å²) in [6, 6.07) is -0.828. The zero-order valence-corrected chi connectivity index (χ0v) is 8.85. The van der Waals surface area contributed by atoms with E-state index >= 15 is 0 Å². The molecule has 1 aliphatic rings. The fourth-order valence-corrected chi connectivity index (χ4v) is 1.63. The second-order valence-corrected chi connectivity index (χ2v) is 4.31. The summed E-state index contributed by atoms with van der Waals surface area (Å²) in [5.41, 5.74) is -0.848. The molecule has 92 valence electrons. The normalized spacial score (nSPS) is 24.8. The van der Waals surface area contributed by atoms with E-state index in [1.165, 1.54) is 0 Å². The maximum atomic E-state index is 12.0. The van der Waals surface area contributed by atoms with Gasteiger partial charge in [-0.05, 0) is 13.8 Å². The van der Waals surface area contributed by atoms with Crippen molar-refractivity contribution in [1.82, 2.24) is 5.32 Å². The van der Waals surface area contributed by atoms with Gasteiger partial charge in [-0.15, -0.1) is 0 Å². The largest absolute Gasteiger partial charge is 0.471 e. The van der Waals surface area contributed by atoms with Crippen LogP contribution in [0.15, 0.2) is 0 Å². The van der Waals surface area contributed by atoms with Gasteiger partial charge < -0.3 is 10.1 Å². The van der Waals surface area contributed by atoms with Crippen LogP contribution in [0.1, 0.15) is 26.7 Å². The van der Waals surface area contributed by atoms with Crippen LogP contribution >= 0.6 is 0 Å². The molecule has 16 heavy (non-hydrogen) atoms. The van der Waals surface area contributed by atoms with Crippen LogP contribution in [0.2, 0.25) is 0 Å². The van der Waals surface area contributed by atoms with E-state index in [1.807, 2.05) is 0 Å². The molecule has 1 unspecified atom stereocenters. The number of esters is 1. The van der Waals surface area contributed by atoms with Crippen LogP contribution in [0.4, 0.5) is 13.2 Å². The van der Waals surface area contributed by atoms with Gasteiger partial charge in [-0.2, -0.15) is 13.2 Å². The Hall–Kier alpha value is -1.27. The smallest absolute Gasteiger partial charge is 0.460 e. The molecule has 0 aliphatic carbocycles. The second-order valence-electron chi connectivity index (χ2n) is 4.31. The summed E-state index contributed by atoms with van der Waals surface area (Å²) in [6.45, 7) is 3.16. The van der Waals surface area contributed by atoms with Crippen LogP contribution < -0.4 is 5.32 Å². The number of halogens is 3.